The molecule has 1 aromatic heterocycles. The standard InChI is InChI=1S/C11H16F3N5O.ClH/c1-6(7(2)15)9(20)18-3-4-19-8(5-18)16-17-10(19)11(12,13)14;/h6-7H,3-5,15H2,1-2H3;1H. The summed E-state index contributed by atoms with van der Waals surface area (Å²) in [7, 11) is 0. The van der Waals surface area contributed by atoms with E-state index in [9.17, 15) is 18.0 Å². The third-order valence-electron chi connectivity index (χ3n) is 3.50. The van der Waals surface area contributed by atoms with Crippen LogP contribution in [0.4, 0.5) is 13.2 Å². The van der Waals surface area contributed by atoms with Crippen molar-refractivity contribution >= 4 is 18.3 Å². The summed E-state index contributed by atoms with van der Waals surface area (Å²) in [6, 6.07) is -0.312. The molecule has 0 aliphatic carbocycles. The molecule has 1 aromatic rings. The molecule has 2 heterocycles. The minimum Gasteiger partial charge on any atom is -0.333 e. The van der Waals surface area contributed by atoms with Crippen LogP contribution < -0.4 is 5.73 Å². The van der Waals surface area contributed by atoms with E-state index in [1.807, 2.05) is 0 Å². The van der Waals surface area contributed by atoms with Gasteiger partial charge in [0.05, 0.1) is 12.5 Å². The van der Waals surface area contributed by atoms with Crippen LogP contribution in [0.1, 0.15) is 25.5 Å². The fourth-order valence-corrected chi connectivity index (χ4v) is 2.07. The van der Waals surface area contributed by atoms with Gasteiger partial charge in [0.25, 0.3) is 0 Å². The summed E-state index contributed by atoms with van der Waals surface area (Å²) in [6.45, 7) is 3.68. The zero-order valence-corrected chi connectivity index (χ0v) is 12.4. The van der Waals surface area contributed by atoms with Crippen LogP contribution in [-0.2, 0) is 24.1 Å². The first kappa shape index (κ1) is 17.7. The highest BCUT2D eigenvalue weighted by atomic mass is 35.5. The minimum atomic E-state index is -4.53. The van der Waals surface area contributed by atoms with Gasteiger partial charge >= 0.3 is 6.18 Å². The number of fused-ring (bicyclic) bond motifs is 1. The van der Waals surface area contributed by atoms with Crippen LogP contribution in [0, 0.1) is 5.92 Å². The topological polar surface area (TPSA) is 77.0 Å². The van der Waals surface area contributed by atoms with Gasteiger partial charge in [0.2, 0.25) is 11.7 Å². The second kappa shape index (κ2) is 6.18. The molecular weight excluding hydrogens is 311 g/mol. The minimum absolute atomic E-state index is 0. The Morgan fingerprint density at radius 3 is 2.43 bits per heavy atom. The average molecular weight is 328 g/mol. The summed E-state index contributed by atoms with van der Waals surface area (Å²) < 4.78 is 39.0. The highest BCUT2D eigenvalue weighted by Crippen LogP contribution is 2.29. The van der Waals surface area contributed by atoms with Crippen LogP contribution in [0.3, 0.4) is 0 Å². The number of carbonyl (C=O) groups is 1. The van der Waals surface area contributed by atoms with Gasteiger partial charge in [-0.25, -0.2) is 0 Å². The monoisotopic (exact) mass is 327 g/mol. The zero-order chi connectivity index (χ0) is 15.1. The van der Waals surface area contributed by atoms with Crippen LogP contribution in [0.15, 0.2) is 0 Å². The Balaban J connectivity index is 0.00000220. The number of halogens is 4. The molecule has 0 saturated heterocycles. The van der Waals surface area contributed by atoms with Crippen molar-refractivity contribution in [3.8, 4) is 0 Å². The molecule has 2 N–H and O–H groups in total. The molecule has 0 spiro atoms. The first-order valence-electron chi connectivity index (χ1n) is 6.25. The molecule has 120 valence electrons. The molecule has 1 amide bonds. The maximum atomic E-state index is 12.7. The molecule has 0 aromatic carbocycles. The van der Waals surface area contributed by atoms with Gasteiger partial charge in [-0.3, -0.25) is 4.79 Å². The van der Waals surface area contributed by atoms with Gasteiger partial charge in [-0.1, -0.05) is 6.92 Å². The molecule has 2 atom stereocenters. The largest absolute Gasteiger partial charge is 0.451 e. The molecule has 0 fully saturated rings. The zero-order valence-electron chi connectivity index (χ0n) is 11.6. The van der Waals surface area contributed by atoms with Gasteiger partial charge in [-0.15, -0.1) is 22.6 Å². The number of nitrogens with two attached hydrogens (primary N) is 1. The second-order valence-corrected chi connectivity index (χ2v) is 5.00. The van der Waals surface area contributed by atoms with E-state index < -0.39 is 12.0 Å². The lowest BCUT2D eigenvalue weighted by molar-refractivity contribution is -0.148. The molecular formula is C11H17ClF3N5O. The Morgan fingerprint density at radius 2 is 1.90 bits per heavy atom. The van der Waals surface area contributed by atoms with Crippen LogP contribution in [0.2, 0.25) is 0 Å². The normalized spacial score (nSPS) is 17.7. The summed E-state index contributed by atoms with van der Waals surface area (Å²) in [5.41, 5.74) is 5.67. The molecule has 0 bridgehead atoms. The van der Waals surface area contributed by atoms with Crippen molar-refractivity contribution in [2.24, 2.45) is 11.7 Å². The molecule has 21 heavy (non-hydrogen) atoms. The molecule has 2 unspecified atom stereocenters. The Kier molecular flexibility index (Phi) is 5.21. The van der Waals surface area contributed by atoms with Crippen molar-refractivity contribution in [2.45, 2.75) is 39.2 Å². The molecule has 6 nitrogen and oxygen atoms in total. The SMILES string of the molecule is CC(N)C(C)C(=O)N1CCn2c(nnc2C(F)(F)F)C1.Cl. The lowest BCUT2D eigenvalue weighted by Crippen LogP contribution is -2.45. The first-order chi connectivity index (χ1) is 9.21. The van der Waals surface area contributed by atoms with E-state index in [4.69, 9.17) is 5.73 Å². The quantitative estimate of drug-likeness (QED) is 0.880. The summed E-state index contributed by atoms with van der Waals surface area (Å²) in [5.74, 6) is -1.43. The lowest BCUT2D eigenvalue weighted by atomic mass is 10.0. The van der Waals surface area contributed by atoms with Crippen molar-refractivity contribution in [3.05, 3.63) is 11.6 Å². The van der Waals surface area contributed by atoms with Gasteiger partial charge < -0.3 is 15.2 Å². The van der Waals surface area contributed by atoms with E-state index in [0.717, 1.165) is 4.57 Å². The third-order valence-corrected chi connectivity index (χ3v) is 3.50. The van der Waals surface area contributed by atoms with E-state index in [-0.39, 0.29) is 55.7 Å². The number of nitrogens with zero attached hydrogens (tertiary/aromatic N) is 4. The predicted molar refractivity (Wildman–Crippen MR) is 70.5 cm³/mol. The first-order valence-corrected chi connectivity index (χ1v) is 6.25. The van der Waals surface area contributed by atoms with Crippen molar-refractivity contribution in [2.75, 3.05) is 6.54 Å². The van der Waals surface area contributed by atoms with E-state index in [2.05, 4.69) is 10.2 Å². The van der Waals surface area contributed by atoms with E-state index in [1.165, 1.54) is 4.90 Å². The van der Waals surface area contributed by atoms with Crippen LogP contribution in [0.5, 0.6) is 0 Å². The van der Waals surface area contributed by atoms with E-state index in [0.29, 0.717) is 0 Å². The fraction of sp³-hybridized carbons (Fsp3) is 0.727. The number of amides is 1. The van der Waals surface area contributed by atoms with Crippen molar-refractivity contribution in [1.82, 2.24) is 19.7 Å². The number of rotatable bonds is 2. The van der Waals surface area contributed by atoms with Gasteiger partial charge in [-0.2, -0.15) is 13.2 Å². The smallest absolute Gasteiger partial charge is 0.333 e. The fourth-order valence-electron chi connectivity index (χ4n) is 2.07. The Bertz CT molecular complexity index is 516. The van der Waals surface area contributed by atoms with E-state index >= 15 is 0 Å². The summed E-state index contributed by atoms with van der Waals surface area (Å²) in [4.78, 5) is 13.6. The average Bonchev–Trinajstić information content (AvgIpc) is 2.79. The Morgan fingerprint density at radius 1 is 1.29 bits per heavy atom. The maximum absolute atomic E-state index is 12.7. The predicted octanol–water partition coefficient (Wildman–Crippen LogP) is 1.04. The molecule has 10 heteroatoms. The van der Waals surface area contributed by atoms with Crippen LogP contribution in [-0.4, -0.2) is 38.2 Å². The van der Waals surface area contributed by atoms with Gasteiger partial charge in [0, 0.05) is 19.1 Å². The highest BCUT2D eigenvalue weighted by molar-refractivity contribution is 5.85. The van der Waals surface area contributed by atoms with Gasteiger partial charge in [-0.05, 0) is 6.92 Å². The maximum Gasteiger partial charge on any atom is 0.451 e. The van der Waals surface area contributed by atoms with Crippen molar-refractivity contribution in [3.63, 3.8) is 0 Å². The molecule has 0 radical (unpaired) electrons. The molecule has 1 aliphatic rings. The van der Waals surface area contributed by atoms with Crippen LogP contribution in [0.25, 0.3) is 0 Å². The summed E-state index contributed by atoms with van der Waals surface area (Å²) in [6.07, 6.45) is -4.53. The molecule has 0 saturated carbocycles. The second-order valence-electron chi connectivity index (χ2n) is 5.00. The Hall–Kier alpha value is -1.35. The number of aromatic nitrogens is 3. The van der Waals surface area contributed by atoms with Crippen LogP contribution >= 0.6 is 12.4 Å². The van der Waals surface area contributed by atoms with Crippen molar-refractivity contribution < 1.29 is 18.0 Å². The number of hydrogen-bond donors (Lipinski definition) is 1. The highest BCUT2D eigenvalue weighted by Gasteiger charge is 2.40. The van der Waals surface area contributed by atoms with Gasteiger partial charge in [0.15, 0.2) is 5.82 Å². The lowest BCUT2D eigenvalue weighted by Gasteiger charge is -2.31. The number of hydrogen-bond acceptors (Lipinski definition) is 4. The van der Waals surface area contributed by atoms with E-state index in [1.54, 1.807) is 13.8 Å². The van der Waals surface area contributed by atoms with Crippen molar-refractivity contribution in [1.29, 1.82) is 0 Å². The van der Waals surface area contributed by atoms with Gasteiger partial charge in [0.1, 0.15) is 0 Å². The number of alkyl halides is 3. The summed E-state index contributed by atoms with van der Waals surface area (Å²) in [5, 5.41) is 6.70. The summed E-state index contributed by atoms with van der Waals surface area (Å²) >= 11 is 0. The third kappa shape index (κ3) is 3.46. The molecule has 1 aliphatic heterocycles. The molecule has 2 rings (SSSR count). The Labute approximate surface area is 125 Å². The number of carbonyl (C=O) groups excluding carboxylic acids is 1.